The van der Waals surface area contributed by atoms with Crippen molar-refractivity contribution in [3.8, 4) is 0 Å². The van der Waals surface area contributed by atoms with Crippen molar-refractivity contribution in [3.05, 3.63) is 21.4 Å². The Bertz CT molecular complexity index is 472. The number of carbonyl (C=O) groups is 1. The van der Waals surface area contributed by atoms with Gasteiger partial charge in [-0.2, -0.15) is 0 Å². The Morgan fingerprint density at radius 2 is 2.35 bits per heavy atom. The molecule has 112 valence electrons. The molecule has 0 spiro atoms. The van der Waals surface area contributed by atoms with Crippen molar-refractivity contribution in [1.82, 2.24) is 15.2 Å². The smallest absolute Gasteiger partial charge is 0.275 e. The van der Waals surface area contributed by atoms with E-state index in [0.29, 0.717) is 10.9 Å². The monoisotopic (exact) mass is 296 g/mol. The summed E-state index contributed by atoms with van der Waals surface area (Å²) in [5.41, 5.74) is 3.44. The number of amides is 1. The number of rotatable bonds is 4. The Morgan fingerprint density at radius 1 is 1.60 bits per heavy atom. The molecule has 0 bridgehead atoms. The Morgan fingerprint density at radius 3 is 3.00 bits per heavy atom. The molecule has 1 aromatic heterocycles. The molecule has 2 heterocycles. The van der Waals surface area contributed by atoms with Crippen LogP contribution in [0, 0.1) is 6.92 Å². The standard InChI is InChI=1S/C14H24N4OS/c1-10-11(7-13(20-10)14(19)16-15)8-18-6-4-5-12(9-18)17(2)3/h7,12H,4-6,8-9,15H2,1-3H3,(H,16,19). The zero-order valence-electron chi connectivity index (χ0n) is 12.5. The van der Waals surface area contributed by atoms with Crippen LogP contribution in [0.25, 0.3) is 0 Å². The second kappa shape index (κ2) is 6.67. The van der Waals surface area contributed by atoms with Gasteiger partial charge in [-0.1, -0.05) is 0 Å². The lowest BCUT2D eigenvalue weighted by Crippen LogP contribution is -2.44. The topological polar surface area (TPSA) is 61.6 Å². The SMILES string of the molecule is Cc1sc(C(=O)NN)cc1CN1CCCC(N(C)C)C1. The predicted octanol–water partition coefficient (Wildman–Crippen LogP) is 1.19. The first-order chi connectivity index (χ1) is 9.51. The Balaban J connectivity index is 2.02. The fourth-order valence-corrected chi connectivity index (χ4v) is 3.63. The van der Waals surface area contributed by atoms with E-state index in [9.17, 15) is 4.79 Å². The highest BCUT2D eigenvalue weighted by atomic mass is 32.1. The summed E-state index contributed by atoms with van der Waals surface area (Å²) in [5, 5.41) is 0. The summed E-state index contributed by atoms with van der Waals surface area (Å²) in [5.74, 6) is 4.99. The second-order valence-corrected chi connectivity index (χ2v) is 6.92. The molecule has 20 heavy (non-hydrogen) atoms. The highest BCUT2D eigenvalue weighted by Gasteiger charge is 2.22. The molecule has 1 aliphatic heterocycles. The Hall–Kier alpha value is -0.950. The third-order valence-electron chi connectivity index (χ3n) is 3.98. The molecule has 1 atom stereocenters. The van der Waals surface area contributed by atoms with Crippen molar-refractivity contribution < 1.29 is 4.79 Å². The summed E-state index contributed by atoms with van der Waals surface area (Å²) in [7, 11) is 4.29. The quantitative estimate of drug-likeness (QED) is 0.498. The largest absolute Gasteiger partial charge is 0.305 e. The lowest BCUT2D eigenvalue weighted by molar-refractivity contribution is 0.0957. The number of nitrogen functional groups attached to an aromatic ring is 1. The van der Waals surface area contributed by atoms with E-state index in [1.165, 1.54) is 34.6 Å². The third kappa shape index (κ3) is 3.58. The van der Waals surface area contributed by atoms with Gasteiger partial charge in [-0.05, 0) is 52.0 Å². The minimum atomic E-state index is -0.200. The number of hydrogen-bond donors (Lipinski definition) is 2. The van der Waals surface area contributed by atoms with E-state index < -0.39 is 0 Å². The second-order valence-electron chi connectivity index (χ2n) is 5.66. The summed E-state index contributed by atoms with van der Waals surface area (Å²) in [4.78, 5) is 18.3. The Kier molecular flexibility index (Phi) is 5.15. The van der Waals surface area contributed by atoms with Crippen LogP contribution in [0.2, 0.25) is 0 Å². The third-order valence-corrected chi connectivity index (χ3v) is 5.07. The molecule has 1 fully saturated rings. The molecule has 1 aromatic rings. The minimum Gasteiger partial charge on any atom is -0.305 e. The van der Waals surface area contributed by atoms with E-state index in [1.807, 2.05) is 6.07 Å². The molecular formula is C14H24N4OS. The highest BCUT2D eigenvalue weighted by molar-refractivity contribution is 7.14. The number of likely N-dealkylation sites (N-methyl/N-ethyl adjacent to an activating group) is 1. The van der Waals surface area contributed by atoms with Crippen LogP contribution >= 0.6 is 11.3 Å². The molecule has 3 N–H and O–H groups in total. The number of nitrogens with one attached hydrogen (secondary N) is 1. The zero-order valence-corrected chi connectivity index (χ0v) is 13.3. The average molecular weight is 296 g/mol. The number of nitrogens with two attached hydrogens (primary N) is 1. The van der Waals surface area contributed by atoms with Crippen molar-refractivity contribution in [2.45, 2.75) is 32.4 Å². The van der Waals surface area contributed by atoms with Crippen molar-refractivity contribution >= 4 is 17.2 Å². The van der Waals surface area contributed by atoms with Crippen LogP contribution in [0.5, 0.6) is 0 Å². The Labute approximate surface area is 124 Å². The van der Waals surface area contributed by atoms with Crippen molar-refractivity contribution in [1.29, 1.82) is 0 Å². The van der Waals surface area contributed by atoms with Crippen LogP contribution in [0.4, 0.5) is 0 Å². The van der Waals surface area contributed by atoms with Gasteiger partial charge in [0.1, 0.15) is 0 Å². The van der Waals surface area contributed by atoms with E-state index >= 15 is 0 Å². The number of hydrogen-bond acceptors (Lipinski definition) is 5. The van der Waals surface area contributed by atoms with Gasteiger partial charge < -0.3 is 4.90 Å². The number of hydrazine groups is 1. The summed E-state index contributed by atoms with van der Waals surface area (Å²) >= 11 is 1.51. The normalized spacial score (nSPS) is 20.4. The summed E-state index contributed by atoms with van der Waals surface area (Å²) in [6, 6.07) is 2.61. The van der Waals surface area contributed by atoms with E-state index in [2.05, 4.69) is 36.2 Å². The van der Waals surface area contributed by atoms with Gasteiger partial charge in [0.25, 0.3) is 5.91 Å². The lowest BCUT2D eigenvalue weighted by atomic mass is 10.0. The molecule has 1 aliphatic rings. The van der Waals surface area contributed by atoms with Crippen molar-refractivity contribution in [3.63, 3.8) is 0 Å². The molecule has 0 aromatic carbocycles. The van der Waals surface area contributed by atoms with Gasteiger partial charge in [0.2, 0.25) is 0 Å². The summed E-state index contributed by atoms with van der Waals surface area (Å²) in [6.07, 6.45) is 2.51. The molecule has 2 rings (SSSR count). The fraction of sp³-hybridized carbons (Fsp3) is 0.643. The first-order valence-corrected chi connectivity index (χ1v) is 7.82. The van der Waals surface area contributed by atoms with E-state index in [0.717, 1.165) is 19.6 Å². The van der Waals surface area contributed by atoms with Gasteiger partial charge in [-0.3, -0.25) is 15.1 Å². The maximum Gasteiger partial charge on any atom is 0.275 e. The number of likely N-dealkylation sites (tertiary alicyclic amines) is 1. The number of thiophene rings is 1. The number of nitrogens with zero attached hydrogens (tertiary/aromatic N) is 2. The molecule has 6 heteroatoms. The first kappa shape index (κ1) is 15.4. The van der Waals surface area contributed by atoms with Crippen molar-refractivity contribution in [2.24, 2.45) is 5.84 Å². The van der Waals surface area contributed by atoms with E-state index in [-0.39, 0.29) is 5.91 Å². The van der Waals surface area contributed by atoms with E-state index in [1.54, 1.807) is 0 Å². The minimum absolute atomic E-state index is 0.200. The van der Waals surface area contributed by atoms with Gasteiger partial charge in [0, 0.05) is 24.0 Å². The van der Waals surface area contributed by atoms with Gasteiger partial charge in [-0.15, -0.1) is 11.3 Å². The molecule has 1 unspecified atom stereocenters. The zero-order chi connectivity index (χ0) is 14.7. The molecule has 5 nitrogen and oxygen atoms in total. The van der Waals surface area contributed by atoms with Crippen LogP contribution in [-0.2, 0) is 6.54 Å². The van der Waals surface area contributed by atoms with E-state index in [4.69, 9.17) is 5.84 Å². The van der Waals surface area contributed by atoms with Gasteiger partial charge in [0.05, 0.1) is 4.88 Å². The number of piperidine rings is 1. The summed E-state index contributed by atoms with van der Waals surface area (Å²) < 4.78 is 0. The van der Waals surface area contributed by atoms with Crippen LogP contribution < -0.4 is 11.3 Å². The maximum atomic E-state index is 11.6. The average Bonchev–Trinajstić information content (AvgIpc) is 2.79. The van der Waals surface area contributed by atoms with Crippen LogP contribution in [-0.4, -0.2) is 48.9 Å². The predicted molar refractivity (Wildman–Crippen MR) is 82.7 cm³/mol. The van der Waals surface area contributed by atoms with Crippen LogP contribution in [0.1, 0.15) is 33.0 Å². The first-order valence-electron chi connectivity index (χ1n) is 7.00. The number of aryl methyl sites for hydroxylation is 1. The highest BCUT2D eigenvalue weighted by Crippen LogP contribution is 2.24. The number of carbonyl (C=O) groups excluding carboxylic acids is 1. The molecule has 0 aliphatic carbocycles. The molecule has 1 amide bonds. The summed E-state index contributed by atoms with van der Waals surface area (Å²) in [6.45, 7) is 5.23. The molecule has 1 saturated heterocycles. The lowest BCUT2D eigenvalue weighted by Gasteiger charge is -2.36. The molecular weight excluding hydrogens is 272 g/mol. The van der Waals surface area contributed by atoms with Crippen LogP contribution in [0.15, 0.2) is 6.07 Å². The van der Waals surface area contributed by atoms with Gasteiger partial charge in [0.15, 0.2) is 0 Å². The van der Waals surface area contributed by atoms with Crippen LogP contribution in [0.3, 0.4) is 0 Å². The van der Waals surface area contributed by atoms with Gasteiger partial charge >= 0.3 is 0 Å². The maximum absolute atomic E-state index is 11.6. The molecule has 0 saturated carbocycles. The van der Waals surface area contributed by atoms with Crippen molar-refractivity contribution in [2.75, 3.05) is 27.2 Å². The fourth-order valence-electron chi connectivity index (χ4n) is 2.70. The van der Waals surface area contributed by atoms with Gasteiger partial charge in [-0.25, -0.2) is 5.84 Å². The molecule has 0 radical (unpaired) electrons.